The summed E-state index contributed by atoms with van der Waals surface area (Å²) in [5, 5.41) is 2.15. The zero-order valence-electron chi connectivity index (χ0n) is 14.3. The smallest absolute Gasteiger partial charge is 0.247 e. The third-order valence-corrected chi connectivity index (χ3v) is 5.80. The van der Waals surface area contributed by atoms with E-state index in [4.69, 9.17) is 4.74 Å². The zero-order valence-corrected chi connectivity index (χ0v) is 15.1. The van der Waals surface area contributed by atoms with Crippen LogP contribution in [0.15, 0.2) is 40.6 Å². The number of thiophene rings is 1. The van der Waals surface area contributed by atoms with E-state index in [1.165, 1.54) is 23.3 Å². The van der Waals surface area contributed by atoms with Crippen molar-refractivity contribution in [1.29, 1.82) is 0 Å². The summed E-state index contributed by atoms with van der Waals surface area (Å²) in [6.45, 7) is 6.75. The highest BCUT2D eigenvalue weighted by atomic mass is 32.1. The first-order valence-electron chi connectivity index (χ1n) is 8.69. The van der Waals surface area contributed by atoms with E-state index >= 15 is 0 Å². The van der Waals surface area contributed by atoms with Gasteiger partial charge in [0.15, 0.2) is 0 Å². The SMILES string of the molecule is CCOCC1(CCc2cccs2)CCN(Cc2ccc(=O)[nH]c2)C1. The fourth-order valence-corrected chi connectivity index (χ4v) is 4.23. The van der Waals surface area contributed by atoms with Gasteiger partial charge in [-0.15, -0.1) is 11.3 Å². The minimum absolute atomic E-state index is 0.0400. The molecule has 1 aliphatic rings. The minimum atomic E-state index is -0.0400. The lowest BCUT2D eigenvalue weighted by molar-refractivity contribution is 0.0490. The molecule has 0 aliphatic carbocycles. The molecule has 0 radical (unpaired) electrons. The van der Waals surface area contributed by atoms with E-state index in [1.807, 2.05) is 23.6 Å². The maximum atomic E-state index is 11.2. The van der Waals surface area contributed by atoms with Crippen LogP contribution in [0.3, 0.4) is 0 Å². The van der Waals surface area contributed by atoms with Crippen LogP contribution in [-0.4, -0.2) is 36.2 Å². The Hall–Kier alpha value is -1.43. The maximum absolute atomic E-state index is 11.2. The van der Waals surface area contributed by atoms with Gasteiger partial charge < -0.3 is 9.72 Å². The van der Waals surface area contributed by atoms with Crippen molar-refractivity contribution in [3.8, 4) is 0 Å². The third kappa shape index (κ3) is 4.56. The van der Waals surface area contributed by atoms with Crippen molar-refractivity contribution in [3.63, 3.8) is 0 Å². The lowest BCUT2D eigenvalue weighted by Crippen LogP contribution is -2.32. The van der Waals surface area contributed by atoms with Crippen LogP contribution in [0.2, 0.25) is 0 Å². The van der Waals surface area contributed by atoms with Gasteiger partial charge in [0, 0.05) is 42.3 Å². The maximum Gasteiger partial charge on any atom is 0.247 e. The quantitative estimate of drug-likeness (QED) is 0.798. The van der Waals surface area contributed by atoms with Crippen molar-refractivity contribution in [1.82, 2.24) is 9.88 Å². The lowest BCUT2D eigenvalue weighted by atomic mass is 9.83. The number of hydrogen-bond acceptors (Lipinski definition) is 4. The molecule has 0 amide bonds. The standard InChI is InChI=1S/C19H26N2O2S/c1-2-23-15-19(8-7-17-4-3-11-24-17)9-10-21(14-19)13-16-5-6-18(22)20-12-16/h3-6,11-12H,2,7-10,13-15H2,1H3,(H,20,22). The normalized spacial score (nSPS) is 21.4. The van der Waals surface area contributed by atoms with E-state index in [9.17, 15) is 4.79 Å². The summed E-state index contributed by atoms with van der Waals surface area (Å²) in [6.07, 6.45) is 5.32. The molecule has 24 heavy (non-hydrogen) atoms. The van der Waals surface area contributed by atoms with Crippen molar-refractivity contribution in [2.45, 2.75) is 32.7 Å². The van der Waals surface area contributed by atoms with Crippen LogP contribution in [0.5, 0.6) is 0 Å². The molecule has 3 heterocycles. The molecule has 1 unspecified atom stereocenters. The highest BCUT2D eigenvalue weighted by Gasteiger charge is 2.37. The molecule has 1 fully saturated rings. The van der Waals surface area contributed by atoms with E-state index in [1.54, 1.807) is 6.07 Å². The number of aromatic nitrogens is 1. The van der Waals surface area contributed by atoms with Crippen LogP contribution >= 0.6 is 11.3 Å². The molecule has 4 nitrogen and oxygen atoms in total. The van der Waals surface area contributed by atoms with Crippen LogP contribution in [0.4, 0.5) is 0 Å². The Labute approximate surface area is 147 Å². The molecule has 0 saturated carbocycles. The Bertz CT molecular complexity index is 662. The van der Waals surface area contributed by atoms with Crippen molar-refractivity contribution in [3.05, 3.63) is 56.6 Å². The largest absolute Gasteiger partial charge is 0.381 e. The first-order valence-corrected chi connectivity index (χ1v) is 9.57. The second kappa shape index (κ2) is 8.10. The van der Waals surface area contributed by atoms with E-state index in [-0.39, 0.29) is 11.0 Å². The molecule has 0 bridgehead atoms. The number of rotatable bonds is 8. The van der Waals surface area contributed by atoms with Gasteiger partial charge in [0.1, 0.15) is 0 Å². The molecule has 0 aromatic carbocycles. The molecular formula is C19H26N2O2S. The first-order chi connectivity index (χ1) is 11.7. The summed E-state index contributed by atoms with van der Waals surface area (Å²) >= 11 is 1.85. The van der Waals surface area contributed by atoms with Crippen molar-refractivity contribution >= 4 is 11.3 Å². The van der Waals surface area contributed by atoms with Gasteiger partial charge in [-0.1, -0.05) is 12.1 Å². The number of aryl methyl sites for hydroxylation is 1. The van der Waals surface area contributed by atoms with Crippen LogP contribution in [0.25, 0.3) is 0 Å². The van der Waals surface area contributed by atoms with E-state index in [0.717, 1.165) is 39.3 Å². The number of likely N-dealkylation sites (tertiary alicyclic amines) is 1. The number of hydrogen-bond donors (Lipinski definition) is 1. The summed E-state index contributed by atoms with van der Waals surface area (Å²) in [5.41, 5.74) is 1.38. The van der Waals surface area contributed by atoms with Crippen molar-refractivity contribution in [2.24, 2.45) is 5.41 Å². The van der Waals surface area contributed by atoms with Crippen molar-refractivity contribution in [2.75, 3.05) is 26.3 Å². The number of nitrogens with one attached hydrogen (secondary N) is 1. The average molecular weight is 346 g/mol. The molecule has 5 heteroatoms. The second-order valence-electron chi connectivity index (χ2n) is 6.74. The van der Waals surface area contributed by atoms with Gasteiger partial charge in [0.25, 0.3) is 0 Å². The Morgan fingerprint density at radius 3 is 3.00 bits per heavy atom. The van der Waals surface area contributed by atoms with E-state index in [0.29, 0.717) is 0 Å². The number of ether oxygens (including phenoxy) is 1. The number of nitrogens with zero attached hydrogens (tertiary/aromatic N) is 1. The molecule has 3 rings (SSSR count). The molecule has 1 atom stereocenters. The van der Waals surface area contributed by atoms with Crippen LogP contribution in [0, 0.1) is 5.41 Å². The Kier molecular flexibility index (Phi) is 5.87. The summed E-state index contributed by atoms with van der Waals surface area (Å²) < 4.78 is 5.83. The lowest BCUT2D eigenvalue weighted by Gasteiger charge is -2.29. The summed E-state index contributed by atoms with van der Waals surface area (Å²) in [4.78, 5) is 17.9. The Balaban J connectivity index is 1.61. The summed E-state index contributed by atoms with van der Waals surface area (Å²) in [6, 6.07) is 7.89. The molecule has 2 aromatic heterocycles. The molecule has 1 saturated heterocycles. The monoisotopic (exact) mass is 346 g/mol. The topological polar surface area (TPSA) is 45.3 Å². The van der Waals surface area contributed by atoms with Gasteiger partial charge in [-0.05, 0) is 49.7 Å². The highest BCUT2D eigenvalue weighted by Crippen LogP contribution is 2.36. The van der Waals surface area contributed by atoms with Gasteiger partial charge in [-0.25, -0.2) is 0 Å². The predicted octanol–water partition coefficient (Wildman–Crippen LogP) is 3.30. The van der Waals surface area contributed by atoms with Crippen LogP contribution in [0.1, 0.15) is 30.2 Å². The summed E-state index contributed by atoms with van der Waals surface area (Å²) in [5.74, 6) is 0. The predicted molar refractivity (Wildman–Crippen MR) is 98.5 cm³/mol. The average Bonchev–Trinajstić information content (AvgIpc) is 3.24. The molecular weight excluding hydrogens is 320 g/mol. The van der Waals surface area contributed by atoms with Gasteiger partial charge >= 0.3 is 0 Å². The zero-order chi connectivity index (χ0) is 16.8. The summed E-state index contributed by atoms with van der Waals surface area (Å²) in [7, 11) is 0. The molecule has 1 N–H and O–H groups in total. The van der Waals surface area contributed by atoms with Crippen LogP contribution < -0.4 is 5.56 Å². The van der Waals surface area contributed by atoms with Crippen molar-refractivity contribution < 1.29 is 4.74 Å². The van der Waals surface area contributed by atoms with E-state index in [2.05, 4.69) is 34.3 Å². The number of H-pyrrole nitrogens is 1. The molecule has 2 aromatic rings. The molecule has 1 aliphatic heterocycles. The fourth-order valence-electron chi connectivity index (χ4n) is 3.52. The number of pyridine rings is 1. The van der Waals surface area contributed by atoms with Gasteiger partial charge in [-0.3, -0.25) is 9.69 Å². The number of aromatic amines is 1. The third-order valence-electron chi connectivity index (χ3n) is 4.87. The Morgan fingerprint density at radius 2 is 2.29 bits per heavy atom. The van der Waals surface area contributed by atoms with Gasteiger partial charge in [0.05, 0.1) is 6.61 Å². The van der Waals surface area contributed by atoms with E-state index < -0.39 is 0 Å². The highest BCUT2D eigenvalue weighted by molar-refractivity contribution is 7.09. The molecule has 0 spiro atoms. The van der Waals surface area contributed by atoms with Crippen LogP contribution in [-0.2, 0) is 17.7 Å². The minimum Gasteiger partial charge on any atom is -0.381 e. The van der Waals surface area contributed by atoms with Gasteiger partial charge in [0.2, 0.25) is 5.56 Å². The fraction of sp³-hybridized carbons (Fsp3) is 0.526. The molecule has 130 valence electrons. The Morgan fingerprint density at radius 1 is 1.38 bits per heavy atom. The second-order valence-corrected chi connectivity index (χ2v) is 7.77. The first kappa shape index (κ1) is 17.4. The van der Waals surface area contributed by atoms with Gasteiger partial charge in [-0.2, -0.15) is 0 Å².